The quantitative estimate of drug-likeness (QED) is 0.172. The molecule has 2 atom stereocenters. The van der Waals surface area contributed by atoms with E-state index < -0.39 is 30.1 Å². The third-order valence-electron chi connectivity index (χ3n) is 12.8. The maximum atomic E-state index is 15.9. The molecule has 322 valence electrons. The number of hydrogen-bond donors (Lipinski definition) is 6. The first-order valence-electron chi connectivity index (χ1n) is 21.4. The Kier molecular flexibility index (Phi) is 12.8. The van der Waals surface area contributed by atoms with Crippen LogP contribution >= 0.6 is 0 Å². The van der Waals surface area contributed by atoms with E-state index >= 15 is 9.59 Å². The lowest BCUT2D eigenvalue weighted by Gasteiger charge is -2.56. The zero-order valence-electron chi connectivity index (χ0n) is 38.2. The Hall–Kier alpha value is -2.28. The minimum absolute atomic E-state index is 0.115. The van der Waals surface area contributed by atoms with Gasteiger partial charge in [0.1, 0.15) is 0 Å². The fraction of sp³-hybridized carbons (Fsp3) is 0.909. The third kappa shape index (κ3) is 11.9. The minimum Gasteiger partial charge on any atom is -0.370 e. The summed E-state index contributed by atoms with van der Waals surface area (Å²) in [5.74, 6) is -4.36. The van der Waals surface area contributed by atoms with Crippen molar-refractivity contribution in [2.24, 2.45) is 23.3 Å². The molecule has 12 heteroatoms. The molecule has 4 heterocycles. The largest absolute Gasteiger partial charge is 0.370 e. The number of piperidine rings is 4. The second-order valence-corrected chi connectivity index (χ2v) is 23.9. The highest BCUT2D eigenvalue weighted by Crippen LogP contribution is 2.42. The van der Waals surface area contributed by atoms with Gasteiger partial charge in [-0.1, -0.05) is 0 Å². The van der Waals surface area contributed by atoms with Crippen LogP contribution in [0.5, 0.6) is 0 Å². The average Bonchev–Trinajstić information content (AvgIpc) is 2.88. The van der Waals surface area contributed by atoms with Gasteiger partial charge in [-0.05, 0) is 162 Å². The molecule has 4 fully saturated rings. The van der Waals surface area contributed by atoms with E-state index in [9.17, 15) is 9.59 Å². The second-order valence-electron chi connectivity index (χ2n) is 23.9. The van der Waals surface area contributed by atoms with Crippen molar-refractivity contribution in [3.05, 3.63) is 0 Å². The van der Waals surface area contributed by atoms with Gasteiger partial charge >= 0.3 is 0 Å². The van der Waals surface area contributed by atoms with E-state index in [0.717, 1.165) is 25.7 Å². The lowest BCUT2D eigenvalue weighted by molar-refractivity contribution is -0.156. The number of rotatable bonds is 11. The normalized spacial score (nSPS) is 28.1. The maximum Gasteiger partial charge on any atom is 0.227 e. The van der Waals surface area contributed by atoms with E-state index in [4.69, 9.17) is 11.5 Å². The number of nitrogens with one attached hydrogen (secondary N) is 4. The Labute approximate surface area is 339 Å². The van der Waals surface area contributed by atoms with Crippen LogP contribution in [0.1, 0.15) is 175 Å². The SMILES string of the molecule is CC1(C)CC(N(C(=O)CC(C(=O)N(C2CC(C)(C)NC(C)(C)C2)C2CC(C)(C)NC(C)(C)C2)C(CC(N)=O)C(N)=O)C2CC(C)(C)NC(C)(C)C2)CC(C)(C)N1. The molecule has 0 saturated carbocycles. The van der Waals surface area contributed by atoms with Gasteiger partial charge in [-0.3, -0.25) is 19.2 Å². The highest BCUT2D eigenvalue weighted by atomic mass is 16.2. The van der Waals surface area contributed by atoms with Crippen LogP contribution in [0.3, 0.4) is 0 Å². The van der Waals surface area contributed by atoms with Crippen molar-refractivity contribution >= 4 is 23.6 Å². The summed E-state index contributed by atoms with van der Waals surface area (Å²) in [4.78, 5) is 61.8. The third-order valence-corrected chi connectivity index (χ3v) is 12.8. The van der Waals surface area contributed by atoms with Gasteiger partial charge in [-0.2, -0.15) is 0 Å². The van der Waals surface area contributed by atoms with Gasteiger partial charge in [-0.25, -0.2) is 0 Å². The zero-order valence-corrected chi connectivity index (χ0v) is 38.2. The van der Waals surface area contributed by atoms with Crippen LogP contribution in [0.2, 0.25) is 0 Å². The predicted molar refractivity (Wildman–Crippen MR) is 226 cm³/mol. The first kappa shape index (κ1) is 46.4. The van der Waals surface area contributed by atoms with E-state index in [0.29, 0.717) is 25.7 Å². The summed E-state index contributed by atoms with van der Waals surface area (Å²) in [7, 11) is 0. The molecule has 2 unspecified atom stereocenters. The summed E-state index contributed by atoms with van der Waals surface area (Å²) in [6.07, 6.45) is 5.05. The van der Waals surface area contributed by atoms with Crippen molar-refractivity contribution in [3.8, 4) is 0 Å². The van der Waals surface area contributed by atoms with Crippen molar-refractivity contribution in [3.63, 3.8) is 0 Å². The molecule has 8 N–H and O–H groups in total. The molecular weight excluding hydrogens is 705 g/mol. The minimum atomic E-state index is -1.24. The highest BCUT2D eigenvalue weighted by Gasteiger charge is 2.52. The van der Waals surface area contributed by atoms with Gasteiger partial charge in [0.05, 0.1) is 11.8 Å². The van der Waals surface area contributed by atoms with Gasteiger partial charge in [0, 0.05) is 81.3 Å². The maximum absolute atomic E-state index is 15.9. The Morgan fingerprint density at radius 2 is 0.696 bits per heavy atom. The molecule has 12 nitrogen and oxygen atoms in total. The van der Waals surface area contributed by atoms with Crippen LogP contribution in [0, 0.1) is 11.8 Å². The van der Waals surface area contributed by atoms with Crippen LogP contribution in [-0.4, -0.2) is 102 Å². The topological polar surface area (TPSA) is 175 Å². The van der Waals surface area contributed by atoms with Crippen molar-refractivity contribution in [1.82, 2.24) is 31.1 Å². The first-order chi connectivity index (χ1) is 25.0. The number of carbonyl (C=O) groups is 4. The van der Waals surface area contributed by atoms with E-state index in [1.165, 1.54) is 0 Å². The highest BCUT2D eigenvalue weighted by molar-refractivity contribution is 5.93. The summed E-state index contributed by atoms with van der Waals surface area (Å²) in [6, 6.07) is -0.599. The van der Waals surface area contributed by atoms with Gasteiger partial charge in [-0.15, -0.1) is 0 Å². The summed E-state index contributed by atoms with van der Waals surface area (Å²) in [6.45, 7) is 34.8. The number of carbonyl (C=O) groups excluding carboxylic acids is 4. The van der Waals surface area contributed by atoms with Crippen molar-refractivity contribution in [2.45, 2.75) is 243 Å². The summed E-state index contributed by atoms with van der Waals surface area (Å²) in [5.41, 5.74) is 9.82. The number of nitrogens with zero attached hydrogens (tertiary/aromatic N) is 2. The second kappa shape index (κ2) is 15.4. The van der Waals surface area contributed by atoms with Crippen molar-refractivity contribution in [2.75, 3.05) is 0 Å². The fourth-order valence-corrected chi connectivity index (χ4v) is 12.8. The Balaban J connectivity index is 1.89. The van der Waals surface area contributed by atoms with E-state index in [2.05, 4.69) is 137 Å². The molecule has 4 aliphatic heterocycles. The first-order valence-corrected chi connectivity index (χ1v) is 21.4. The fourth-order valence-electron chi connectivity index (χ4n) is 12.8. The standard InChI is InChI=1S/C44H82N8O4/c1-37(2)19-27(20-38(3,4)47-37)51(28-21-39(5,6)48-40(7,8)22-28)34(54)18-32(31(35(46)55)17-33(45)53)36(56)52(29-23-41(9,10)49-42(11,12)24-29)30-25-43(13,14)50-44(15,16)26-30/h27-32,47-50H,17-26H2,1-16H3,(H2,45,53)(H2,46,55). The Morgan fingerprint density at radius 3 is 0.929 bits per heavy atom. The van der Waals surface area contributed by atoms with Crippen LogP contribution in [0.15, 0.2) is 0 Å². The molecule has 4 aliphatic rings. The molecule has 0 aromatic carbocycles. The smallest absolute Gasteiger partial charge is 0.227 e. The van der Waals surface area contributed by atoms with Crippen LogP contribution in [0.25, 0.3) is 0 Å². The van der Waals surface area contributed by atoms with E-state index in [1.54, 1.807) is 0 Å². The molecule has 0 aliphatic carbocycles. The molecule has 0 radical (unpaired) electrons. The number of primary amides is 2. The molecular formula is C44H82N8O4. The molecule has 0 bridgehead atoms. The van der Waals surface area contributed by atoms with Gasteiger partial charge in [0.25, 0.3) is 0 Å². The summed E-state index contributed by atoms with van der Waals surface area (Å²) in [5, 5.41) is 15.1. The number of amides is 4. The monoisotopic (exact) mass is 787 g/mol. The summed E-state index contributed by atoms with van der Waals surface area (Å²) >= 11 is 0. The molecule has 56 heavy (non-hydrogen) atoms. The van der Waals surface area contributed by atoms with Gasteiger partial charge in [0.2, 0.25) is 23.6 Å². The Bertz CT molecular complexity index is 1360. The molecule has 4 amide bonds. The molecule has 0 aromatic rings. The van der Waals surface area contributed by atoms with E-state index in [1.807, 2.05) is 4.90 Å². The lowest BCUT2D eigenvalue weighted by Crippen LogP contribution is -2.69. The van der Waals surface area contributed by atoms with Crippen LogP contribution in [-0.2, 0) is 19.2 Å². The van der Waals surface area contributed by atoms with Gasteiger partial charge in [0.15, 0.2) is 0 Å². The van der Waals surface area contributed by atoms with E-state index in [-0.39, 0.29) is 86.7 Å². The summed E-state index contributed by atoms with van der Waals surface area (Å²) < 4.78 is 0. The van der Waals surface area contributed by atoms with Crippen molar-refractivity contribution < 1.29 is 19.2 Å². The zero-order chi connectivity index (χ0) is 42.8. The van der Waals surface area contributed by atoms with Crippen molar-refractivity contribution in [1.29, 1.82) is 0 Å². The average molecular weight is 787 g/mol. The van der Waals surface area contributed by atoms with Crippen LogP contribution < -0.4 is 32.7 Å². The lowest BCUT2D eigenvalue weighted by atomic mass is 9.73. The Morgan fingerprint density at radius 1 is 0.446 bits per heavy atom. The number of nitrogens with two attached hydrogens (primary N) is 2. The van der Waals surface area contributed by atoms with Gasteiger partial charge < -0.3 is 42.5 Å². The number of hydrogen-bond acceptors (Lipinski definition) is 8. The van der Waals surface area contributed by atoms with Crippen LogP contribution in [0.4, 0.5) is 0 Å². The predicted octanol–water partition coefficient (Wildman–Crippen LogP) is 4.86. The molecule has 4 saturated heterocycles. The molecule has 0 aromatic heterocycles. The molecule has 0 spiro atoms. The molecule has 4 rings (SSSR count).